The summed E-state index contributed by atoms with van der Waals surface area (Å²) in [5.41, 5.74) is 0.444. The van der Waals surface area contributed by atoms with Crippen molar-refractivity contribution in [1.82, 2.24) is 0 Å². The molecule has 192 valence electrons. The fraction of sp³-hybridized carbons (Fsp3) is 0.571. The molecule has 0 unspecified atom stereocenters. The first-order chi connectivity index (χ1) is 15.3. The summed E-state index contributed by atoms with van der Waals surface area (Å²) in [6, 6.07) is 21.2. The Balaban J connectivity index is 0.000000642. The first-order valence-corrected chi connectivity index (χ1v) is 14.9. The van der Waals surface area contributed by atoms with E-state index in [1.807, 2.05) is 0 Å². The van der Waals surface area contributed by atoms with Crippen molar-refractivity contribution in [1.29, 1.82) is 0 Å². The number of rotatable bonds is 6. The standard InChI is InChI=1S/2C14H24N2P.Mg/c2*1-13(2,3)15-17(16-14(4,5)6)12-10-8-7-9-11-12;/h2*7-11,15H,1-6H3;/q2*-1;+2/p+2/t2*17-;/m10./s1. The van der Waals surface area contributed by atoms with Gasteiger partial charge in [-0.15, -0.1) is 11.1 Å². The van der Waals surface area contributed by atoms with Gasteiger partial charge >= 0.3 is 23.1 Å². The monoisotopic (exact) mass is 528 g/mol. The number of nitrogens with two attached hydrogens (primary N) is 2. The molecular weight excluding hydrogens is 479 g/mol. The second-order valence-corrected chi connectivity index (χ2v) is 16.2. The molecule has 0 saturated heterocycles. The van der Waals surface area contributed by atoms with Crippen LogP contribution in [0.15, 0.2) is 60.7 Å². The van der Waals surface area contributed by atoms with E-state index in [4.69, 9.17) is 10.2 Å². The summed E-state index contributed by atoms with van der Waals surface area (Å²) in [7, 11) is -1.06. The molecule has 0 aliphatic heterocycles. The van der Waals surface area contributed by atoms with Gasteiger partial charge in [-0.05, 0) is 41.5 Å². The summed E-state index contributed by atoms with van der Waals surface area (Å²) < 4.78 is 0. The van der Waals surface area contributed by atoms with E-state index in [-0.39, 0.29) is 45.2 Å². The number of quaternary nitrogens is 2. The molecule has 0 aliphatic rings. The molecule has 2 aromatic carbocycles. The van der Waals surface area contributed by atoms with E-state index in [0.29, 0.717) is 0 Å². The Morgan fingerprint density at radius 2 is 0.743 bits per heavy atom. The van der Waals surface area contributed by atoms with E-state index < -0.39 is 16.4 Å². The molecule has 2 aromatic rings. The van der Waals surface area contributed by atoms with Gasteiger partial charge < -0.3 is 20.3 Å². The zero-order valence-electron chi connectivity index (χ0n) is 24.4. The van der Waals surface area contributed by atoms with E-state index in [0.717, 1.165) is 0 Å². The average Bonchev–Trinajstić information content (AvgIpc) is 2.64. The number of benzene rings is 2. The molecule has 2 rings (SSSR count). The second kappa shape index (κ2) is 14.7. The van der Waals surface area contributed by atoms with E-state index >= 15 is 0 Å². The van der Waals surface area contributed by atoms with E-state index in [2.05, 4.69) is 154 Å². The van der Waals surface area contributed by atoms with Gasteiger partial charge in [-0.2, -0.15) is 0 Å². The van der Waals surface area contributed by atoms with Gasteiger partial charge in [0.1, 0.15) is 0 Å². The Bertz CT molecular complexity index is 717. The van der Waals surface area contributed by atoms with E-state index in [9.17, 15) is 0 Å². The third kappa shape index (κ3) is 17.9. The van der Waals surface area contributed by atoms with Crippen LogP contribution in [0, 0.1) is 0 Å². The Morgan fingerprint density at radius 1 is 0.486 bits per heavy atom. The van der Waals surface area contributed by atoms with Gasteiger partial charge in [0, 0.05) is 27.1 Å². The van der Waals surface area contributed by atoms with Crippen molar-refractivity contribution < 1.29 is 10.2 Å². The Morgan fingerprint density at radius 3 is 0.943 bits per heavy atom. The molecule has 0 heterocycles. The van der Waals surface area contributed by atoms with Crippen molar-refractivity contribution in [2.45, 2.75) is 105 Å². The van der Waals surface area contributed by atoms with Crippen LogP contribution in [0.25, 0.3) is 10.2 Å². The zero-order valence-corrected chi connectivity index (χ0v) is 27.6. The third-order valence-corrected chi connectivity index (χ3v) is 9.20. The normalized spacial score (nSPS) is 14.3. The van der Waals surface area contributed by atoms with Crippen LogP contribution in [0.2, 0.25) is 0 Å². The fourth-order valence-electron chi connectivity index (χ4n) is 2.86. The maximum absolute atomic E-state index is 4.97. The third-order valence-electron chi connectivity index (χ3n) is 3.88. The van der Waals surface area contributed by atoms with Crippen molar-refractivity contribution in [3.63, 3.8) is 0 Å². The molecule has 0 fully saturated rings. The summed E-state index contributed by atoms with van der Waals surface area (Å²) in [4.78, 5) is 0. The molecule has 0 aromatic heterocycles. The van der Waals surface area contributed by atoms with Gasteiger partial charge in [-0.25, -0.2) is 0 Å². The van der Waals surface area contributed by atoms with E-state index in [1.54, 1.807) is 0 Å². The smallest absolute Gasteiger partial charge is 0.576 e. The van der Waals surface area contributed by atoms with Gasteiger partial charge in [0.05, 0.1) is 11.1 Å². The van der Waals surface area contributed by atoms with Crippen molar-refractivity contribution >= 4 is 50.1 Å². The molecule has 7 heteroatoms. The summed E-state index contributed by atoms with van der Waals surface area (Å²) >= 11 is 0. The molecule has 2 atom stereocenters. The van der Waals surface area contributed by atoms with Crippen molar-refractivity contribution in [3.05, 3.63) is 70.8 Å². The van der Waals surface area contributed by atoms with Crippen LogP contribution >= 0.6 is 16.4 Å². The Hall–Kier alpha value is -0.0938. The largest absolute Gasteiger partial charge is 2.00 e. The van der Waals surface area contributed by atoms with Crippen LogP contribution in [-0.2, 0) is 0 Å². The Labute approximate surface area is 235 Å². The molecule has 4 N–H and O–H groups in total. The molecule has 0 radical (unpaired) electrons. The Kier molecular flexibility index (Phi) is 14.7. The second-order valence-electron chi connectivity index (χ2n) is 12.9. The minimum absolute atomic E-state index is 0. The summed E-state index contributed by atoms with van der Waals surface area (Å²) in [6.07, 6.45) is 0. The molecular formula is C28H50MgN4P2+2. The first-order valence-electron chi connectivity index (χ1n) is 12.2. The molecule has 0 amide bonds. The van der Waals surface area contributed by atoms with Gasteiger partial charge in [-0.3, -0.25) is 0 Å². The van der Waals surface area contributed by atoms with E-state index in [1.165, 1.54) is 10.6 Å². The summed E-state index contributed by atoms with van der Waals surface area (Å²) in [5, 5.41) is 17.4. The quantitative estimate of drug-likeness (QED) is 0.345. The maximum Gasteiger partial charge on any atom is 2.00 e. The number of hydrogen-bond acceptors (Lipinski definition) is 0. The van der Waals surface area contributed by atoms with Crippen LogP contribution in [0.1, 0.15) is 83.1 Å². The molecule has 0 saturated carbocycles. The SMILES string of the molecule is CC(C)(C)[N-][P@@]([NH2+]C(C)(C)C)c1ccccc1.CC(C)(C)[N-][P@]([NH2+]C(C)(C)C)c1ccccc1.[Mg+2]. The molecule has 4 nitrogen and oxygen atoms in total. The van der Waals surface area contributed by atoms with Gasteiger partial charge in [0.2, 0.25) is 0 Å². The van der Waals surface area contributed by atoms with Crippen LogP contribution in [0.4, 0.5) is 0 Å². The number of hydrogen-bond donors (Lipinski definition) is 2. The average molecular weight is 529 g/mol. The van der Waals surface area contributed by atoms with Gasteiger partial charge in [-0.1, -0.05) is 102 Å². The molecule has 0 aliphatic carbocycles. The predicted molar refractivity (Wildman–Crippen MR) is 161 cm³/mol. The van der Waals surface area contributed by atoms with Gasteiger partial charge in [0.15, 0.2) is 0 Å². The van der Waals surface area contributed by atoms with Crippen molar-refractivity contribution in [3.8, 4) is 0 Å². The fourth-order valence-corrected chi connectivity index (χ4v) is 7.22. The van der Waals surface area contributed by atoms with Gasteiger partial charge in [0.25, 0.3) is 0 Å². The van der Waals surface area contributed by atoms with Crippen LogP contribution in [0.5, 0.6) is 0 Å². The number of nitrogens with zero attached hydrogens (tertiary/aromatic N) is 2. The first kappa shape index (κ1) is 34.9. The topological polar surface area (TPSA) is 61.4 Å². The molecule has 0 spiro atoms. The zero-order chi connectivity index (χ0) is 26.2. The molecule has 0 bridgehead atoms. The predicted octanol–water partition coefficient (Wildman–Crippen LogP) is 5.94. The minimum atomic E-state index is -0.532. The molecule has 35 heavy (non-hydrogen) atoms. The maximum atomic E-state index is 4.97. The van der Waals surface area contributed by atoms with Crippen LogP contribution in [0.3, 0.4) is 0 Å². The van der Waals surface area contributed by atoms with Crippen LogP contribution in [-0.4, -0.2) is 45.2 Å². The summed E-state index contributed by atoms with van der Waals surface area (Å²) in [6.45, 7) is 26.4. The summed E-state index contributed by atoms with van der Waals surface area (Å²) in [5.74, 6) is 0. The minimum Gasteiger partial charge on any atom is -0.576 e. The van der Waals surface area contributed by atoms with Crippen LogP contribution < -0.4 is 20.8 Å². The van der Waals surface area contributed by atoms with Crippen molar-refractivity contribution in [2.75, 3.05) is 0 Å². The van der Waals surface area contributed by atoms with Crippen molar-refractivity contribution in [2.24, 2.45) is 0 Å².